The number of carboxylic acids is 1. The zero-order chi connectivity index (χ0) is 11.3. The van der Waals surface area contributed by atoms with Gasteiger partial charge in [0.05, 0.1) is 13.2 Å². The lowest BCUT2D eigenvalue weighted by molar-refractivity contribution is -0.151. The van der Waals surface area contributed by atoms with E-state index in [1.54, 1.807) is 12.3 Å². The van der Waals surface area contributed by atoms with Crippen molar-refractivity contribution < 1.29 is 19.7 Å². The van der Waals surface area contributed by atoms with Gasteiger partial charge in [0.2, 0.25) is 0 Å². The van der Waals surface area contributed by atoms with E-state index in [1.807, 2.05) is 0 Å². The van der Waals surface area contributed by atoms with E-state index >= 15 is 0 Å². The van der Waals surface area contributed by atoms with Crippen molar-refractivity contribution in [3.8, 4) is 0 Å². The predicted molar refractivity (Wildman–Crippen MR) is 55.4 cm³/mol. The summed E-state index contributed by atoms with van der Waals surface area (Å²) in [6.45, 7) is -0.241. The summed E-state index contributed by atoms with van der Waals surface area (Å²) < 4.78 is 5.66. The van der Waals surface area contributed by atoms with Crippen LogP contribution in [0.5, 0.6) is 0 Å². The van der Waals surface area contributed by atoms with Crippen molar-refractivity contribution in [2.45, 2.75) is 6.10 Å². The Morgan fingerprint density at radius 3 is 2.87 bits per heavy atom. The number of ether oxygens (including phenoxy) is 1. The molecule has 82 valence electrons. The molecule has 0 saturated heterocycles. The van der Waals surface area contributed by atoms with Crippen LogP contribution in [0.3, 0.4) is 0 Å². The highest BCUT2D eigenvalue weighted by molar-refractivity contribution is 9.10. The molecule has 1 rings (SSSR count). The summed E-state index contributed by atoms with van der Waals surface area (Å²) >= 11 is 3.19. The molecular formula is C9H10BrNO4. The van der Waals surface area contributed by atoms with Crippen LogP contribution in [0.2, 0.25) is 0 Å². The number of aromatic nitrogens is 1. The summed E-state index contributed by atoms with van der Waals surface area (Å²) in [4.78, 5) is 14.7. The van der Waals surface area contributed by atoms with Crippen LogP contribution in [0.1, 0.15) is 11.7 Å². The van der Waals surface area contributed by atoms with Crippen LogP contribution in [0.15, 0.2) is 22.9 Å². The number of pyridine rings is 1. The van der Waals surface area contributed by atoms with Crippen molar-refractivity contribution in [2.24, 2.45) is 0 Å². The molecule has 1 heterocycles. The molecule has 0 aromatic carbocycles. The van der Waals surface area contributed by atoms with E-state index in [4.69, 9.17) is 14.9 Å². The lowest BCUT2D eigenvalue weighted by Gasteiger charge is -2.12. The van der Waals surface area contributed by atoms with Crippen molar-refractivity contribution >= 4 is 21.9 Å². The lowest BCUT2D eigenvalue weighted by atomic mass is 10.1. The molecule has 0 saturated carbocycles. The quantitative estimate of drug-likeness (QED) is 0.838. The number of carboxylic acid groups (broad SMARTS) is 1. The Bertz CT molecular complexity index is 345. The van der Waals surface area contributed by atoms with Crippen LogP contribution in [-0.4, -0.2) is 34.4 Å². The number of hydrogen-bond donors (Lipinski definition) is 2. The second-order valence-corrected chi connectivity index (χ2v) is 3.66. The van der Waals surface area contributed by atoms with Gasteiger partial charge in [-0.25, -0.2) is 4.79 Å². The van der Waals surface area contributed by atoms with Crippen LogP contribution in [0.25, 0.3) is 0 Å². The monoisotopic (exact) mass is 275 g/mol. The Kier molecular flexibility index (Phi) is 4.67. The van der Waals surface area contributed by atoms with Gasteiger partial charge in [0, 0.05) is 22.4 Å². The van der Waals surface area contributed by atoms with E-state index in [2.05, 4.69) is 20.9 Å². The van der Waals surface area contributed by atoms with E-state index < -0.39 is 12.1 Å². The predicted octanol–water partition coefficient (Wildman–Crippen LogP) is 0.979. The van der Waals surface area contributed by atoms with Gasteiger partial charge in [0.15, 0.2) is 6.10 Å². The van der Waals surface area contributed by atoms with Gasteiger partial charge < -0.3 is 14.9 Å². The molecule has 0 bridgehead atoms. The number of carbonyl (C=O) groups is 1. The van der Waals surface area contributed by atoms with Gasteiger partial charge in [0.1, 0.15) is 0 Å². The number of aliphatic carboxylic acids is 1. The highest BCUT2D eigenvalue weighted by atomic mass is 79.9. The van der Waals surface area contributed by atoms with E-state index in [1.165, 1.54) is 6.20 Å². The first-order valence-corrected chi connectivity index (χ1v) is 5.00. The molecular weight excluding hydrogens is 266 g/mol. The van der Waals surface area contributed by atoms with E-state index in [9.17, 15) is 4.79 Å². The van der Waals surface area contributed by atoms with Crippen molar-refractivity contribution in [2.75, 3.05) is 13.2 Å². The Morgan fingerprint density at radius 2 is 2.33 bits per heavy atom. The van der Waals surface area contributed by atoms with Crippen molar-refractivity contribution in [1.82, 2.24) is 4.98 Å². The molecule has 2 N–H and O–H groups in total. The number of rotatable bonds is 5. The third-order valence-corrected chi connectivity index (χ3v) is 2.06. The molecule has 0 amide bonds. The molecule has 6 heteroatoms. The number of aliphatic hydroxyl groups is 1. The third-order valence-electron chi connectivity index (χ3n) is 1.63. The minimum absolute atomic E-state index is 0.0243. The van der Waals surface area contributed by atoms with Crippen LogP contribution in [-0.2, 0) is 9.53 Å². The number of aliphatic hydroxyl groups excluding tert-OH is 1. The largest absolute Gasteiger partial charge is 0.479 e. The molecule has 15 heavy (non-hydrogen) atoms. The maximum atomic E-state index is 10.9. The Hall–Kier alpha value is -0.980. The molecule has 0 aliphatic rings. The van der Waals surface area contributed by atoms with Crippen molar-refractivity contribution in [3.63, 3.8) is 0 Å². The minimum atomic E-state index is -1.11. The highest BCUT2D eigenvalue weighted by Gasteiger charge is 2.20. The first-order valence-electron chi connectivity index (χ1n) is 4.21. The van der Waals surface area contributed by atoms with E-state index in [-0.39, 0.29) is 13.2 Å². The van der Waals surface area contributed by atoms with E-state index in [0.29, 0.717) is 10.0 Å². The van der Waals surface area contributed by atoms with Gasteiger partial charge in [-0.15, -0.1) is 0 Å². The summed E-state index contributed by atoms with van der Waals surface area (Å²) in [7, 11) is 0. The SMILES string of the molecule is O=C(O)C(OCCO)c1cncc(Br)c1. The third kappa shape index (κ3) is 3.58. The second kappa shape index (κ2) is 5.79. The van der Waals surface area contributed by atoms with Gasteiger partial charge in [-0.3, -0.25) is 4.98 Å². The average Bonchev–Trinajstić information content (AvgIpc) is 2.18. The van der Waals surface area contributed by atoms with Crippen LogP contribution in [0, 0.1) is 0 Å². The number of nitrogens with zero attached hydrogens (tertiary/aromatic N) is 1. The fourth-order valence-corrected chi connectivity index (χ4v) is 1.43. The molecule has 0 aliphatic heterocycles. The summed E-state index contributed by atoms with van der Waals surface area (Å²) in [6, 6.07) is 1.61. The molecule has 0 spiro atoms. The van der Waals surface area contributed by atoms with Crippen molar-refractivity contribution in [1.29, 1.82) is 0 Å². The fourth-order valence-electron chi connectivity index (χ4n) is 1.05. The first-order chi connectivity index (χ1) is 7.15. The maximum absolute atomic E-state index is 10.9. The molecule has 1 unspecified atom stereocenters. The topological polar surface area (TPSA) is 79.7 Å². The highest BCUT2D eigenvalue weighted by Crippen LogP contribution is 2.20. The van der Waals surface area contributed by atoms with E-state index in [0.717, 1.165) is 0 Å². The smallest absolute Gasteiger partial charge is 0.337 e. The molecule has 1 atom stereocenters. The van der Waals surface area contributed by atoms with Gasteiger partial charge >= 0.3 is 5.97 Å². The van der Waals surface area contributed by atoms with Gasteiger partial charge in [0.25, 0.3) is 0 Å². The van der Waals surface area contributed by atoms with Crippen molar-refractivity contribution in [3.05, 3.63) is 28.5 Å². The van der Waals surface area contributed by atoms with Crippen LogP contribution in [0.4, 0.5) is 0 Å². The normalized spacial score (nSPS) is 12.4. The van der Waals surface area contributed by atoms with Gasteiger partial charge in [-0.1, -0.05) is 0 Å². The van der Waals surface area contributed by atoms with Crippen LogP contribution >= 0.6 is 15.9 Å². The Labute approximate surface area is 94.8 Å². The number of hydrogen-bond acceptors (Lipinski definition) is 4. The van der Waals surface area contributed by atoms with Crippen LogP contribution < -0.4 is 0 Å². The summed E-state index contributed by atoms with van der Waals surface area (Å²) in [5, 5.41) is 17.5. The average molecular weight is 276 g/mol. The standard InChI is InChI=1S/C9H10BrNO4/c10-7-3-6(4-11-5-7)8(9(13)14)15-2-1-12/h3-5,8,12H,1-2H2,(H,13,14). The number of halogens is 1. The Morgan fingerprint density at radius 1 is 1.60 bits per heavy atom. The fraction of sp³-hybridized carbons (Fsp3) is 0.333. The molecule has 0 fully saturated rings. The molecule has 5 nitrogen and oxygen atoms in total. The first kappa shape index (κ1) is 12.1. The lowest BCUT2D eigenvalue weighted by Crippen LogP contribution is -2.17. The summed E-state index contributed by atoms with van der Waals surface area (Å²) in [5.74, 6) is -1.11. The molecule has 0 radical (unpaired) electrons. The zero-order valence-corrected chi connectivity index (χ0v) is 9.35. The molecule has 1 aromatic rings. The molecule has 1 aromatic heterocycles. The van der Waals surface area contributed by atoms with Gasteiger partial charge in [-0.2, -0.15) is 0 Å². The zero-order valence-electron chi connectivity index (χ0n) is 7.76. The summed E-state index contributed by atoms with van der Waals surface area (Å²) in [6.07, 6.45) is 1.87. The second-order valence-electron chi connectivity index (χ2n) is 2.75. The maximum Gasteiger partial charge on any atom is 0.337 e. The summed E-state index contributed by atoms with van der Waals surface area (Å²) in [5.41, 5.74) is 0.435. The Balaban J connectivity index is 2.84. The molecule has 0 aliphatic carbocycles. The van der Waals surface area contributed by atoms with Gasteiger partial charge in [-0.05, 0) is 22.0 Å². The minimum Gasteiger partial charge on any atom is -0.479 e.